The van der Waals surface area contributed by atoms with Crippen molar-refractivity contribution in [3.63, 3.8) is 0 Å². The Morgan fingerprint density at radius 1 is 1.00 bits per heavy atom. The number of amides is 2. The molecule has 7 nitrogen and oxygen atoms in total. The number of thiazole rings is 1. The number of nitrogens with one attached hydrogen (secondary N) is 2. The number of hydrogen-bond donors (Lipinski definition) is 2. The van der Waals surface area contributed by atoms with Crippen LogP contribution in [-0.2, 0) is 23.0 Å². The fourth-order valence-corrected chi connectivity index (χ4v) is 5.70. The van der Waals surface area contributed by atoms with Crippen LogP contribution < -0.4 is 10.6 Å². The van der Waals surface area contributed by atoms with Gasteiger partial charge in [-0.2, -0.15) is 4.31 Å². The molecule has 0 unspecified atom stereocenters. The van der Waals surface area contributed by atoms with Gasteiger partial charge in [0.1, 0.15) is 0 Å². The number of carbonyl (C=O) groups excluding carboxylic acids is 1. The monoisotopic (exact) mass is 442 g/mol. The van der Waals surface area contributed by atoms with Crippen LogP contribution in [0.2, 0.25) is 0 Å². The minimum atomic E-state index is -3.57. The highest BCUT2D eigenvalue weighted by Crippen LogP contribution is 2.31. The van der Waals surface area contributed by atoms with Gasteiger partial charge in [-0.25, -0.2) is 18.2 Å². The summed E-state index contributed by atoms with van der Waals surface area (Å²) >= 11 is 1.31. The van der Waals surface area contributed by atoms with E-state index in [0.29, 0.717) is 23.8 Å². The van der Waals surface area contributed by atoms with Crippen molar-refractivity contribution >= 4 is 38.2 Å². The lowest BCUT2D eigenvalue weighted by atomic mass is 10.2. The third kappa shape index (κ3) is 4.38. The predicted molar refractivity (Wildman–Crippen MR) is 118 cm³/mol. The second-order valence-electron chi connectivity index (χ2n) is 7.24. The molecule has 0 atom stereocenters. The van der Waals surface area contributed by atoms with Crippen molar-refractivity contribution in [2.45, 2.75) is 31.7 Å². The number of sulfonamides is 1. The molecule has 9 heteroatoms. The normalized spacial score (nSPS) is 14.2. The Balaban J connectivity index is 1.44. The fourth-order valence-electron chi connectivity index (χ4n) is 3.19. The van der Waals surface area contributed by atoms with Gasteiger partial charge in [-0.15, -0.1) is 0 Å². The molecule has 156 valence electrons. The second kappa shape index (κ2) is 8.17. The van der Waals surface area contributed by atoms with E-state index in [4.69, 9.17) is 0 Å². The first-order valence-electron chi connectivity index (χ1n) is 9.51. The topological polar surface area (TPSA) is 91.4 Å². The lowest BCUT2D eigenvalue weighted by molar-refractivity contribution is 0.262. The Labute approximate surface area is 179 Å². The van der Waals surface area contributed by atoms with E-state index in [1.54, 1.807) is 24.3 Å². The Hall–Kier alpha value is -2.75. The Morgan fingerprint density at radius 2 is 1.63 bits per heavy atom. The molecule has 1 aliphatic heterocycles. The molecule has 1 aromatic heterocycles. The van der Waals surface area contributed by atoms with E-state index in [1.807, 2.05) is 38.1 Å². The first kappa shape index (κ1) is 20.5. The van der Waals surface area contributed by atoms with E-state index in [0.717, 1.165) is 21.7 Å². The lowest BCUT2D eigenvalue weighted by Crippen LogP contribution is -2.35. The number of carbonyl (C=O) groups is 1. The van der Waals surface area contributed by atoms with Crippen molar-refractivity contribution in [1.82, 2.24) is 9.29 Å². The second-order valence-corrected chi connectivity index (χ2v) is 10.3. The molecule has 1 aliphatic rings. The number of rotatable bonds is 4. The number of aromatic nitrogens is 1. The zero-order valence-corrected chi connectivity index (χ0v) is 18.3. The van der Waals surface area contributed by atoms with Crippen molar-refractivity contribution in [3.05, 3.63) is 70.2 Å². The molecule has 0 radical (unpaired) electrons. The molecule has 2 heterocycles. The molecule has 0 bridgehead atoms. The third-order valence-electron chi connectivity index (χ3n) is 4.88. The van der Waals surface area contributed by atoms with Gasteiger partial charge >= 0.3 is 6.03 Å². The average molecular weight is 443 g/mol. The van der Waals surface area contributed by atoms with Gasteiger partial charge in [-0.05, 0) is 38.1 Å². The third-order valence-corrected chi connectivity index (χ3v) is 7.74. The van der Waals surface area contributed by atoms with Gasteiger partial charge in [0, 0.05) is 23.5 Å². The molecule has 0 saturated heterocycles. The van der Waals surface area contributed by atoms with E-state index < -0.39 is 10.0 Å². The van der Waals surface area contributed by atoms with Crippen LogP contribution in [0.15, 0.2) is 53.4 Å². The molecule has 0 spiro atoms. The summed E-state index contributed by atoms with van der Waals surface area (Å²) in [5.41, 5.74) is 3.64. The number of nitrogens with zero attached hydrogens (tertiary/aromatic N) is 2. The minimum Gasteiger partial charge on any atom is -0.308 e. The molecule has 2 N–H and O–H groups in total. The molecule has 2 amide bonds. The van der Waals surface area contributed by atoms with Crippen molar-refractivity contribution in [1.29, 1.82) is 0 Å². The van der Waals surface area contributed by atoms with Crippen LogP contribution in [0.3, 0.4) is 0 Å². The number of aryl methyl sites for hydroxylation is 2. The molecule has 4 rings (SSSR count). The van der Waals surface area contributed by atoms with E-state index in [2.05, 4.69) is 15.6 Å². The zero-order chi connectivity index (χ0) is 21.3. The highest BCUT2D eigenvalue weighted by Gasteiger charge is 2.30. The number of anilines is 2. The van der Waals surface area contributed by atoms with E-state index >= 15 is 0 Å². The van der Waals surface area contributed by atoms with Gasteiger partial charge in [0.25, 0.3) is 0 Å². The van der Waals surface area contributed by atoms with Gasteiger partial charge in [0.15, 0.2) is 5.13 Å². The van der Waals surface area contributed by atoms with Gasteiger partial charge in [0.05, 0.1) is 17.1 Å². The predicted octanol–water partition coefficient (Wildman–Crippen LogP) is 4.15. The van der Waals surface area contributed by atoms with Gasteiger partial charge in [-0.1, -0.05) is 46.7 Å². The SMILES string of the molecule is Cc1ccc(NC(=O)Nc2nc3c(s2)CN(S(=O)(=O)c2ccc(C)cc2)CC3)cc1. The standard InChI is InChI=1S/C21H22N4O3S2/c1-14-3-7-16(8-4-14)22-20(26)24-21-23-18-11-12-25(13-19(18)29-21)30(27,28)17-9-5-15(2)6-10-17/h3-10H,11-13H2,1-2H3,(H2,22,23,24,26). The number of fused-ring (bicyclic) bond motifs is 1. The van der Waals surface area contributed by atoms with Crippen LogP contribution in [0.25, 0.3) is 0 Å². The summed E-state index contributed by atoms with van der Waals surface area (Å²) in [6.07, 6.45) is 0.512. The molecule has 30 heavy (non-hydrogen) atoms. The molecule has 0 fully saturated rings. The Bertz CT molecular complexity index is 1170. The summed E-state index contributed by atoms with van der Waals surface area (Å²) in [6, 6.07) is 14.0. The van der Waals surface area contributed by atoms with Crippen molar-refractivity contribution in [2.75, 3.05) is 17.2 Å². The maximum atomic E-state index is 13.0. The maximum Gasteiger partial charge on any atom is 0.325 e. The smallest absolute Gasteiger partial charge is 0.308 e. The van der Waals surface area contributed by atoms with Crippen molar-refractivity contribution in [3.8, 4) is 0 Å². The quantitative estimate of drug-likeness (QED) is 0.635. The van der Waals surface area contributed by atoms with Gasteiger partial charge in [-0.3, -0.25) is 5.32 Å². The molecule has 0 aliphatic carbocycles. The highest BCUT2D eigenvalue weighted by atomic mass is 32.2. The van der Waals surface area contributed by atoms with Crippen LogP contribution in [-0.4, -0.2) is 30.3 Å². The largest absolute Gasteiger partial charge is 0.325 e. The first-order chi connectivity index (χ1) is 14.3. The first-order valence-corrected chi connectivity index (χ1v) is 11.8. The van der Waals surface area contributed by atoms with Crippen molar-refractivity contribution < 1.29 is 13.2 Å². The zero-order valence-electron chi connectivity index (χ0n) is 16.7. The summed E-state index contributed by atoms with van der Waals surface area (Å²) in [6.45, 7) is 4.52. The highest BCUT2D eigenvalue weighted by molar-refractivity contribution is 7.89. The van der Waals surface area contributed by atoms with Gasteiger partial charge in [0.2, 0.25) is 10.0 Å². The van der Waals surface area contributed by atoms with E-state index in [-0.39, 0.29) is 17.5 Å². The van der Waals surface area contributed by atoms with Gasteiger partial charge < -0.3 is 5.32 Å². The number of urea groups is 1. The van der Waals surface area contributed by atoms with E-state index in [9.17, 15) is 13.2 Å². The fraction of sp³-hybridized carbons (Fsp3) is 0.238. The van der Waals surface area contributed by atoms with E-state index in [1.165, 1.54) is 15.6 Å². The maximum absolute atomic E-state index is 13.0. The summed E-state index contributed by atoms with van der Waals surface area (Å²) in [5, 5.41) is 5.97. The summed E-state index contributed by atoms with van der Waals surface area (Å²) in [7, 11) is -3.57. The molecular formula is C21H22N4O3S2. The summed E-state index contributed by atoms with van der Waals surface area (Å²) in [4.78, 5) is 17.9. The van der Waals surface area contributed by atoms with Crippen LogP contribution in [0.5, 0.6) is 0 Å². The van der Waals surface area contributed by atoms with Crippen LogP contribution in [0.4, 0.5) is 15.6 Å². The minimum absolute atomic E-state index is 0.254. The summed E-state index contributed by atoms with van der Waals surface area (Å²) in [5.74, 6) is 0. The molecule has 2 aromatic carbocycles. The van der Waals surface area contributed by atoms with Crippen LogP contribution in [0.1, 0.15) is 21.7 Å². The summed E-state index contributed by atoms with van der Waals surface area (Å²) < 4.78 is 27.4. The molecule has 3 aromatic rings. The Morgan fingerprint density at radius 3 is 2.30 bits per heavy atom. The number of benzene rings is 2. The average Bonchev–Trinajstić information content (AvgIpc) is 3.11. The van der Waals surface area contributed by atoms with Crippen molar-refractivity contribution in [2.24, 2.45) is 0 Å². The molecular weight excluding hydrogens is 420 g/mol. The lowest BCUT2D eigenvalue weighted by Gasteiger charge is -2.25. The Kier molecular flexibility index (Phi) is 5.59. The number of hydrogen-bond acceptors (Lipinski definition) is 5. The molecule has 0 saturated carbocycles. The van der Waals surface area contributed by atoms with Crippen LogP contribution >= 0.6 is 11.3 Å². The van der Waals surface area contributed by atoms with Crippen LogP contribution in [0, 0.1) is 13.8 Å².